The number of halogens is 2. The Morgan fingerprint density at radius 2 is 1.92 bits per heavy atom. The summed E-state index contributed by atoms with van der Waals surface area (Å²) < 4.78 is 0. The van der Waals surface area contributed by atoms with Gasteiger partial charge < -0.3 is 10.6 Å². The van der Waals surface area contributed by atoms with Gasteiger partial charge in [0.15, 0.2) is 0 Å². The number of benzene rings is 1. The third-order valence-electron chi connectivity index (χ3n) is 4.06. The maximum atomic E-state index is 12.1. The van der Waals surface area contributed by atoms with Gasteiger partial charge in [-0.2, -0.15) is 5.26 Å². The van der Waals surface area contributed by atoms with E-state index in [1.54, 1.807) is 37.1 Å². The van der Waals surface area contributed by atoms with Gasteiger partial charge >= 0.3 is 0 Å². The molecule has 6 nitrogen and oxygen atoms in total. The highest BCUT2D eigenvalue weighted by atomic mass is 35.5. The van der Waals surface area contributed by atoms with E-state index in [1.807, 2.05) is 0 Å². The highest BCUT2D eigenvalue weighted by Crippen LogP contribution is 2.39. The first-order chi connectivity index (χ1) is 11.7. The molecule has 0 saturated heterocycles. The van der Waals surface area contributed by atoms with Gasteiger partial charge in [0.2, 0.25) is 11.8 Å². The van der Waals surface area contributed by atoms with Gasteiger partial charge in [0.1, 0.15) is 5.54 Å². The molecule has 1 saturated carbocycles. The quantitative estimate of drug-likeness (QED) is 0.758. The highest BCUT2D eigenvalue weighted by molar-refractivity contribution is 6.42. The van der Waals surface area contributed by atoms with E-state index in [0.29, 0.717) is 15.7 Å². The summed E-state index contributed by atoms with van der Waals surface area (Å²) in [4.78, 5) is 25.7. The monoisotopic (exact) mass is 382 g/mol. The number of anilines is 1. The molecule has 0 radical (unpaired) electrons. The fourth-order valence-electron chi connectivity index (χ4n) is 2.53. The molecule has 0 aromatic heterocycles. The number of hydrogen-bond acceptors (Lipinski definition) is 4. The summed E-state index contributed by atoms with van der Waals surface area (Å²) in [5, 5.41) is 15.5. The number of carbonyl (C=O) groups excluding carboxylic acids is 2. The molecule has 1 atom stereocenters. The van der Waals surface area contributed by atoms with Gasteiger partial charge in [-0.3, -0.25) is 14.5 Å². The number of amides is 2. The molecule has 0 heterocycles. The number of carbonyl (C=O) groups is 2. The third-order valence-corrected chi connectivity index (χ3v) is 4.79. The van der Waals surface area contributed by atoms with Crippen LogP contribution in [0, 0.1) is 17.2 Å². The molecule has 0 bridgehead atoms. The second-order valence-electron chi connectivity index (χ2n) is 6.49. The van der Waals surface area contributed by atoms with Crippen LogP contribution in [0.25, 0.3) is 0 Å². The molecule has 1 aromatic rings. The normalized spacial score (nSPS) is 16.0. The average Bonchev–Trinajstić information content (AvgIpc) is 3.35. The third kappa shape index (κ3) is 5.60. The van der Waals surface area contributed by atoms with Gasteiger partial charge in [-0.25, -0.2) is 0 Å². The first-order valence-corrected chi connectivity index (χ1v) is 8.65. The van der Waals surface area contributed by atoms with Crippen LogP contribution in [-0.4, -0.2) is 42.4 Å². The Morgan fingerprint density at radius 1 is 1.28 bits per heavy atom. The molecule has 1 aromatic carbocycles. The molecule has 25 heavy (non-hydrogen) atoms. The predicted molar refractivity (Wildman–Crippen MR) is 97.5 cm³/mol. The fourth-order valence-corrected chi connectivity index (χ4v) is 2.83. The van der Waals surface area contributed by atoms with E-state index in [-0.39, 0.29) is 30.8 Å². The number of nitrogens with one attached hydrogen (secondary N) is 2. The van der Waals surface area contributed by atoms with Crippen molar-refractivity contribution < 1.29 is 9.59 Å². The van der Waals surface area contributed by atoms with Crippen LogP contribution in [0.3, 0.4) is 0 Å². The van der Waals surface area contributed by atoms with Gasteiger partial charge in [0.25, 0.3) is 0 Å². The second kappa shape index (κ2) is 8.05. The van der Waals surface area contributed by atoms with E-state index in [1.165, 1.54) is 0 Å². The minimum absolute atomic E-state index is 0.0266. The summed E-state index contributed by atoms with van der Waals surface area (Å²) in [6.07, 6.45) is 1.90. The largest absolute Gasteiger partial charge is 0.337 e. The Kier molecular flexibility index (Phi) is 6.28. The Bertz CT molecular complexity index is 715. The Labute approximate surface area is 157 Å². The molecule has 1 aliphatic rings. The lowest BCUT2D eigenvalue weighted by Crippen LogP contribution is -2.50. The highest BCUT2D eigenvalue weighted by Gasteiger charge is 2.43. The Morgan fingerprint density at radius 3 is 2.48 bits per heavy atom. The topological polar surface area (TPSA) is 85.2 Å². The van der Waals surface area contributed by atoms with Crippen molar-refractivity contribution in [3.8, 4) is 6.07 Å². The van der Waals surface area contributed by atoms with E-state index in [4.69, 9.17) is 23.2 Å². The molecule has 8 heteroatoms. The number of nitriles is 1. The lowest BCUT2D eigenvalue weighted by Gasteiger charge is -2.24. The summed E-state index contributed by atoms with van der Waals surface area (Å²) in [6, 6.07) is 6.97. The Balaban J connectivity index is 1.81. The van der Waals surface area contributed by atoms with Crippen molar-refractivity contribution in [2.24, 2.45) is 5.92 Å². The summed E-state index contributed by atoms with van der Waals surface area (Å²) in [5.74, 6) is -0.343. The molecule has 2 amide bonds. The van der Waals surface area contributed by atoms with Gasteiger partial charge in [-0.1, -0.05) is 23.2 Å². The minimum Gasteiger partial charge on any atom is -0.337 e. The van der Waals surface area contributed by atoms with Crippen LogP contribution < -0.4 is 10.6 Å². The summed E-state index contributed by atoms with van der Waals surface area (Å²) in [6.45, 7) is 1.79. The van der Waals surface area contributed by atoms with Crippen molar-refractivity contribution >= 4 is 40.7 Å². The number of likely N-dealkylation sites (N-methyl/N-ethyl adjacent to an activating group) is 1. The van der Waals surface area contributed by atoms with E-state index in [2.05, 4.69) is 16.7 Å². The maximum Gasteiger partial charge on any atom is 0.238 e. The van der Waals surface area contributed by atoms with Crippen molar-refractivity contribution in [1.82, 2.24) is 10.2 Å². The summed E-state index contributed by atoms with van der Waals surface area (Å²) in [5.41, 5.74) is -0.303. The summed E-state index contributed by atoms with van der Waals surface area (Å²) in [7, 11) is 1.66. The van der Waals surface area contributed by atoms with Crippen molar-refractivity contribution in [3.63, 3.8) is 0 Å². The number of rotatable bonds is 7. The zero-order chi connectivity index (χ0) is 18.6. The Hall–Kier alpha value is -1.81. The number of hydrogen-bond donors (Lipinski definition) is 2. The number of nitrogens with zero attached hydrogens (tertiary/aromatic N) is 2. The van der Waals surface area contributed by atoms with Crippen molar-refractivity contribution in [2.45, 2.75) is 25.3 Å². The molecule has 0 aliphatic heterocycles. The zero-order valence-electron chi connectivity index (χ0n) is 14.1. The van der Waals surface area contributed by atoms with Gasteiger partial charge in [0.05, 0.1) is 29.2 Å². The predicted octanol–water partition coefficient (Wildman–Crippen LogP) is 2.67. The SMILES string of the molecule is CN(CC(=O)Nc1ccc(Cl)c(Cl)c1)CC(=O)N[C@](C)(C#N)C1CC1. The first-order valence-electron chi connectivity index (χ1n) is 7.89. The van der Waals surface area contributed by atoms with Crippen LogP contribution in [0.5, 0.6) is 0 Å². The van der Waals surface area contributed by atoms with Crippen LogP contribution in [0.4, 0.5) is 5.69 Å². The standard InChI is InChI=1S/C17H20Cl2N4O2/c1-17(10-20,11-3-4-11)22-16(25)9-23(2)8-15(24)21-12-5-6-13(18)14(19)7-12/h5-7,11H,3-4,8-9H2,1-2H3,(H,21,24)(H,22,25)/t17-/m1/s1. The average molecular weight is 383 g/mol. The van der Waals surface area contributed by atoms with E-state index in [0.717, 1.165) is 12.8 Å². The van der Waals surface area contributed by atoms with Crippen LogP contribution in [-0.2, 0) is 9.59 Å². The lowest BCUT2D eigenvalue weighted by atomic mass is 9.98. The van der Waals surface area contributed by atoms with Crippen LogP contribution in [0.2, 0.25) is 10.0 Å². The lowest BCUT2D eigenvalue weighted by molar-refractivity contribution is -0.124. The summed E-state index contributed by atoms with van der Waals surface area (Å²) >= 11 is 11.7. The van der Waals surface area contributed by atoms with Crippen molar-refractivity contribution in [2.75, 3.05) is 25.5 Å². The van der Waals surface area contributed by atoms with Crippen molar-refractivity contribution in [3.05, 3.63) is 28.2 Å². The molecule has 0 unspecified atom stereocenters. The van der Waals surface area contributed by atoms with Crippen molar-refractivity contribution in [1.29, 1.82) is 5.26 Å². The molecular weight excluding hydrogens is 363 g/mol. The fraction of sp³-hybridized carbons (Fsp3) is 0.471. The molecule has 2 N–H and O–H groups in total. The van der Waals surface area contributed by atoms with E-state index in [9.17, 15) is 14.9 Å². The maximum absolute atomic E-state index is 12.1. The first kappa shape index (κ1) is 19.5. The van der Waals surface area contributed by atoms with E-state index < -0.39 is 5.54 Å². The molecule has 134 valence electrons. The molecule has 1 aliphatic carbocycles. The smallest absolute Gasteiger partial charge is 0.238 e. The molecule has 2 rings (SSSR count). The van der Waals surface area contributed by atoms with Gasteiger partial charge in [-0.15, -0.1) is 0 Å². The molecule has 0 spiro atoms. The van der Waals surface area contributed by atoms with Crippen LogP contribution in [0.1, 0.15) is 19.8 Å². The van der Waals surface area contributed by atoms with E-state index >= 15 is 0 Å². The van der Waals surface area contributed by atoms with Crippen LogP contribution >= 0.6 is 23.2 Å². The molecule has 1 fully saturated rings. The van der Waals surface area contributed by atoms with Gasteiger partial charge in [0, 0.05) is 5.69 Å². The van der Waals surface area contributed by atoms with Crippen LogP contribution in [0.15, 0.2) is 18.2 Å². The van der Waals surface area contributed by atoms with Gasteiger partial charge in [-0.05, 0) is 50.9 Å². The second-order valence-corrected chi connectivity index (χ2v) is 7.30. The zero-order valence-corrected chi connectivity index (χ0v) is 15.6. The molecular formula is C17H20Cl2N4O2. The minimum atomic E-state index is -0.833.